The molecule has 2 rings (SSSR count). The Kier molecular flexibility index (Phi) is 6.60. The first-order valence-corrected chi connectivity index (χ1v) is 8.29. The van der Waals surface area contributed by atoms with Crippen molar-refractivity contribution in [3.63, 3.8) is 0 Å². The van der Waals surface area contributed by atoms with E-state index in [1.54, 1.807) is 6.07 Å². The van der Waals surface area contributed by atoms with Crippen LogP contribution in [0.15, 0.2) is 48.5 Å². The highest BCUT2D eigenvalue weighted by molar-refractivity contribution is 5.30. The monoisotopic (exact) mass is 315 g/mol. The van der Waals surface area contributed by atoms with Crippen molar-refractivity contribution in [2.24, 2.45) is 5.73 Å². The molecule has 0 bridgehead atoms. The van der Waals surface area contributed by atoms with Gasteiger partial charge in [0.2, 0.25) is 0 Å². The summed E-state index contributed by atoms with van der Waals surface area (Å²) in [6.07, 6.45) is 1.67. The van der Waals surface area contributed by atoms with E-state index in [-0.39, 0.29) is 11.7 Å². The molecule has 2 aromatic carbocycles. The second kappa shape index (κ2) is 8.68. The van der Waals surface area contributed by atoms with Gasteiger partial charge in [0.15, 0.2) is 0 Å². The van der Waals surface area contributed by atoms with E-state index >= 15 is 0 Å². The van der Waals surface area contributed by atoms with Gasteiger partial charge in [-0.3, -0.25) is 0 Å². The maximum atomic E-state index is 13.8. The number of ether oxygens (including phenoxy) is 1. The molecule has 0 saturated carbocycles. The van der Waals surface area contributed by atoms with Crippen LogP contribution in [0.25, 0.3) is 0 Å². The maximum Gasteiger partial charge on any atom is 0.126 e. The van der Waals surface area contributed by atoms with Gasteiger partial charge in [0.05, 0.1) is 6.61 Å². The molecular formula is C20H26FNO. The Balaban J connectivity index is 1.84. The summed E-state index contributed by atoms with van der Waals surface area (Å²) in [5, 5.41) is 0. The fourth-order valence-corrected chi connectivity index (χ4v) is 2.69. The summed E-state index contributed by atoms with van der Waals surface area (Å²) in [5.41, 5.74) is 7.79. The predicted molar refractivity (Wildman–Crippen MR) is 93.5 cm³/mol. The molecule has 2 nitrogen and oxygen atoms in total. The van der Waals surface area contributed by atoms with Crippen molar-refractivity contribution >= 4 is 0 Å². The molecule has 1 atom stereocenters. The zero-order valence-electron chi connectivity index (χ0n) is 14.0. The van der Waals surface area contributed by atoms with Crippen LogP contribution in [0, 0.1) is 5.82 Å². The number of hydrogen-bond donors (Lipinski definition) is 1. The minimum atomic E-state index is -0.173. The Morgan fingerprint density at radius 3 is 2.57 bits per heavy atom. The highest BCUT2D eigenvalue weighted by atomic mass is 19.1. The van der Waals surface area contributed by atoms with E-state index in [4.69, 9.17) is 10.5 Å². The Labute approximate surface area is 138 Å². The molecule has 0 amide bonds. The molecule has 2 aromatic rings. The molecule has 0 aliphatic rings. The van der Waals surface area contributed by atoms with Gasteiger partial charge in [-0.15, -0.1) is 0 Å². The van der Waals surface area contributed by atoms with Crippen molar-refractivity contribution in [3.8, 4) is 5.75 Å². The molecule has 0 aliphatic carbocycles. The van der Waals surface area contributed by atoms with E-state index in [0.717, 1.165) is 18.6 Å². The first-order valence-electron chi connectivity index (χ1n) is 8.29. The quantitative estimate of drug-likeness (QED) is 0.707. The maximum absolute atomic E-state index is 13.8. The Morgan fingerprint density at radius 2 is 1.87 bits per heavy atom. The van der Waals surface area contributed by atoms with E-state index in [1.165, 1.54) is 11.6 Å². The average molecular weight is 315 g/mol. The van der Waals surface area contributed by atoms with Crippen LogP contribution in [0.2, 0.25) is 0 Å². The van der Waals surface area contributed by atoms with Crippen molar-refractivity contribution in [1.29, 1.82) is 0 Å². The van der Waals surface area contributed by atoms with E-state index in [1.807, 2.05) is 24.3 Å². The molecule has 0 heterocycles. The average Bonchev–Trinajstić information content (AvgIpc) is 2.56. The van der Waals surface area contributed by atoms with Crippen molar-refractivity contribution in [2.75, 3.05) is 13.2 Å². The molecule has 3 heteroatoms. The zero-order valence-corrected chi connectivity index (χ0v) is 14.0. The molecule has 0 aliphatic heterocycles. The third-order valence-corrected chi connectivity index (χ3v) is 4.12. The van der Waals surface area contributed by atoms with E-state index < -0.39 is 0 Å². The minimum Gasteiger partial charge on any atom is -0.494 e. The van der Waals surface area contributed by atoms with E-state index in [0.29, 0.717) is 24.6 Å². The van der Waals surface area contributed by atoms with Crippen molar-refractivity contribution in [3.05, 3.63) is 65.5 Å². The minimum absolute atomic E-state index is 0.0433. The van der Waals surface area contributed by atoms with Gasteiger partial charge in [-0.25, -0.2) is 4.39 Å². The van der Waals surface area contributed by atoms with Crippen LogP contribution >= 0.6 is 0 Å². The zero-order chi connectivity index (χ0) is 16.7. The fraction of sp³-hybridized carbons (Fsp3) is 0.400. The third-order valence-electron chi connectivity index (χ3n) is 4.12. The summed E-state index contributed by atoms with van der Waals surface area (Å²) < 4.78 is 19.7. The largest absolute Gasteiger partial charge is 0.494 e. The Hall–Kier alpha value is -1.87. The smallest absolute Gasteiger partial charge is 0.126 e. The van der Waals surface area contributed by atoms with Gasteiger partial charge in [-0.05, 0) is 60.5 Å². The summed E-state index contributed by atoms with van der Waals surface area (Å²) in [5.74, 6) is 1.25. The molecule has 1 unspecified atom stereocenters. The van der Waals surface area contributed by atoms with Gasteiger partial charge < -0.3 is 10.5 Å². The van der Waals surface area contributed by atoms with Gasteiger partial charge in [-0.1, -0.05) is 44.2 Å². The van der Waals surface area contributed by atoms with Crippen molar-refractivity contribution in [1.82, 2.24) is 0 Å². The summed E-state index contributed by atoms with van der Waals surface area (Å²) >= 11 is 0. The lowest BCUT2D eigenvalue weighted by Crippen LogP contribution is -2.15. The van der Waals surface area contributed by atoms with Crippen LogP contribution in [0.5, 0.6) is 5.75 Å². The number of nitrogens with two attached hydrogens (primary N) is 1. The van der Waals surface area contributed by atoms with E-state index in [9.17, 15) is 4.39 Å². The fourth-order valence-electron chi connectivity index (χ4n) is 2.69. The van der Waals surface area contributed by atoms with Crippen LogP contribution in [0.1, 0.15) is 49.7 Å². The Bertz CT molecular complexity index is 612. The van der Waals surface area contributed by atoms with Crippen LogP contribution in [0.4, 0.5) is 4.39 Å². The lowest BCUT2D eigenvalue weighted by atomic mass is 9.94. The first kappa shape index (κ1) is 17.5. The molecule has 2 N–H and O–H groups in total. The lowest BCUT2D eigenvalue weighted by molar-refractivity contribution is 0.301. The lowest BCUT2D eigenvalue weighted by Gasteiger charge is -2.16. The SMILES string of the molecule is CC(C)c1cccc(OCCCC(CN)c2ccccc2F)c1. The van der Waals surface area contributed by atoms with Gasteiger partial charge in [-0.2, -0.15) is 0 Å². The summed E-state index contributed by atoms with van der Waals surface area (Å²) in [7, 11) is 0. The van der Waals surface area contributed by atoms with Gasteiger partial charge in [0.25, 0.3) is 0 Å². The van der Waals surface area contributed by atoms with Crippen molar-refractivity contribution in [2.45, 2.75) is 38.5 Å². The van der Waals surface area contributed by atoms with Crippen LogP contribution < -0.4 is 10.5 Å². The standard InChI is InChI=1S/C20H26FNO/c1-15(2)16-7-5-9-18(13-16)23-12-6-8-17(14-22)19-10-3-4-11-20(19)21/h3-5,7,9-11,13,15,17H,6,8,12,14,22H2,1-2H3. The highest BCUT2D eigenvalue weighted by Crippen LogP contribution is 2.24. The molecule has 23 heavy (non-hydrogen) atoms. The second-order valence-electron chi connectivity index (χ2n) is 6.17. The highest BCUT2D eigenvalue weighted by Gasteiger charge is 2.13. The third kappa shape index (κ3) is 5.07. The molecule has 0 fully saturated rings. The predicted octanol–water partition coefficient (Wildman–Crippen LogP) is 4.85. The molecule has 124 valence electrons. The molecule has 0 saturated heterocycles. The second-order valence-corrected chi connectivity index (χ2v) is 6.17. The normalized spacial score (nSPS) is 12.4. The number of benzene rings is 2. The summed E-state index contributed by atoms with van der Waals surface area (Å²) in [4.78, 5) is 0. The first-order chi connectivity index (χ1) is 11.1. The van der Waals surface area contributed by atoms with Crippen LogP contribution in [0.3, 0.4) is 0 Å². The van der Waals surface area contributed by atoms with Crippen LogP contribution in [-0.2, 0) is 0 Å². The van der Waals surface area contributed by atoms with E-state index in [2.05, 4.69) is 26.0 Å². The molecule has 0 radical (unpaired) electrons. The number of rotatable bonds is 8. The topological polar surface area (TPSA) is 35.2 Å². The summed E-state index contributed by atoms with van der Waals surface area (Å²) in [6, 6.07) is 15.1. The number of hydrogen-bond acceptors (Lipinski definition) is 2. The van der Waals surface area contributed by atoms with Crippen molar-refractivity contribution < 1.29 is 9.13 Å². The summed E-state index contributed by atoms with van der Waals surface area (Å²) in [6.45, 7) is 5.40. The van der Waals surface area contributed by atoms with Gasteiger partial charge in [0.1, 0.15) is 11.6 Å². The molecular weight excluding hydrogens is 289 g/mol. The number of halogens is 1. The molecule has 0 aromatic heterocycles. The van der Waals surface area contributed by atoms with Gasteiger partial charge >= 0.3 is 0 Å². The molecule has 0 spiro atoms. The van der Waals surface area contributed by atoms with Crippen LogP contribution in [-0.4, -0.2) is 13.2 Å². The Morgan fingerprint density at radius 1 is 1.09 bits per heavy atom. The van der Waals surface area contributed by atoms with Gasteiger partial charge in [0, 0.05) is 0 Å².